The second kappa shape index (κ2) is 4.37. The Bertz CT molecular complexity index is 473. The van der Waals surface area contributed by atoms with Gasteiger partial charge in [-0.05, 0) is 6.07 Å². The van der Waals surface area contributed by atoms with E-state index in [0.29, 0.717) is 12.3 Å². The van der Waals surface area contributed by atoms with Crippen LogP contribution in [-0.4, -0.2) is 22.0 Å². The lowest BCUT2D eigenvalue weighted by atomic mass is 10.1. The van der Waals surface area contributed by atoms with Gasteiger partial charge in [-0.15, -0.1) is 0 Å². The Balaban J connectivity index is 3.54. The van der Waals surface area contributed by atoms with Crippen LogP contribution >= 0.6 is 0 Å². The van der Waals surface area contributed by atoms with Gasteiger partial charge in [0.25, 0.3) is 5.91 Å². The normalized spacial score (nSPS) is 11.1. The quantitative estimate of drug-likeness (QED) is 0.399. The molecule has 0 saturated heterocycles. The number of hydrazine groups is 1. The number of nitrogens with one attached hydrogen (secondary N) is 1. The second-order valence-electron chi connectivity index (χ2n) is 2.86. The number of hydrogen-bond donors (Lipinski definition) is 3. The number of amides is 1. The van der Waals surface area contributed by atoms with Crippen LogP contribution in [0.25, 0.3) is 0 Å². The van der Waals surface area contributed by atoms with E-state index in [9.17, 15) is 22.8 Å². The Morgan fingerprint density at radius 1 is 1.41 bits per heavy atom. The summed E-state index contributed by atoms with van der Waals surface area (Å²) in [5.41, 5.74) is -2.06. The number of aromatic nitrogens is 1. The molecule has 0 atom stereocenters. The molecule has 1 aromatic rings. The van der Waals surface area contributed by atoms with Gasteiger partial charge in [0.2, 0.25) is 0 Å². The monoisotopic (exact) mass is 249 g/mol. The first kappa shape index (κ1) is 12.9. The third-order valence-electron chi connectivity index (χ3n) is 1.82. The average molecular weight is 249 g/mol. The van der Waals surface area contributed by atoms with Crippen LogP contribution in [-0.2, 0) is 6.18 Å². The van der Waals surface area contributed by atoms with Gasteiger partial charge in [-0.3, -0.25) is 15.2 Å². The van der Waals surface area contributed by atoms with Crippen molar-refractivity contribution < 1.29 is 27.9 Å². The third kappa shape index (κ3) is 2.50. The highest BCUT2D eigenvalue weighted by Crippen LogP contribution is 2.32. The minimum atomic E-state index is -4.90. The predicted octanol–water partition coefficient (Wildman–Crippen LogP) is 0.402. The van der Waals surface area contributed by atoms with Crippen LogP contribution in [0.4, 0.5) is 13.2 Å². The van der Waals surface area contributed by atoms with Gasteiger partial charge >= 0.3 is 12.1 Å². The van der Waals surface area contributed by atoms with Crippen LogP contribution in [0.5, 0.6) is 0 Å². The fraction of sp³-hybridized carbons (Fsp3) is 0.125. The third-order valence-corrected chi connectivity index (χ3v) is 1.82. The van der Waals surface area contributed by atoms with Crippen LogP contribution < -0.4 is 11.3 Å². The average Bonchev–Trinajstić information content (AvgIpc) is 2.25. The second-order valence-corrected chi connectivity index (χ2v) is 2.86. The van der Waals surface area contributed by atoms with Gasteiger partial charge in [-0.1, -0.05) is 0 Å². The molecule has 0 aliphatic rings. The zero-order valence-electron chi connectivity index (χ0n) is 8.08. The summed E-state index contributed by atoms with van der Waals surface area (Å²) in [5, 5.41) is 8.69. The van der Waals surface area contributed by atoms with Gasteiger partial charge in [0.05, 0.1) is 5.56 Å². The van der Waals surface area contributed by atoms with Gasteiger partial charge in [0.1, 0.15) is 11.3 Å². The maximum Gasteiger partial charge on any atom is 0.417 e. The molecule has 0 radical (unpaired) electrons. The molecule has 0 aromatic carbocycles. The van der Waals surface area contributed by atoms with E-state index in [0.717, 1.165) is 0 Å². The molecule has 1 rings (SSSR count). The van der Waals surface area contributed by atoms with Gasteiger partial charge < -0.3 is 5.11 Å². The largest absolute Gasteiger partial charge is 0.478 e. The molecule has 0 aliphatic carbocycles. The molecule has 0 fully saturated rings. The number of nitrogen functional groups attached to an aromatic ring is 1. The van der Waals surface area contributed by atoms with Crippen molar-refractivity contribution in [1.29, 1.82) is 0 Å². The molecule has 17 heavy (non-hydrogen) atoms. The van der Waals surface area contributed by atoms with Gasteiger partial charge in [-0.25, -0.2) is 10.6 Å². The lowest BCUT2D eigenvalue weighted by Gasteiger charge is -2.12. The number of rotatable bonds is 2. The van der Waals surface area contributed by atoms with E-state index in [1.54, 1.807) is 0 Å². The van der Waals surface area contributed by atoms with Gasteiger partial charge in [0.15, 0.2) is 0 Å². The first-order chi connectivity index (χ1) is 7.79. The van der Waals surface area contributed by atoms with Crippen molar-refractivity contribution in [1.82, 2.24) is 10.4 Å². The Morgan fingerprint density at radius 3 is 2.41 bits per heavy atom. The summed E-state index contributed by atoms with van der Waals surface area (Å²) in [7, 11) is 0. The number of pyridine rings is 1. The van der Waals surface area contributed by atoms with E-state index in [4.69, 9.17) is 10.9 Å². The SMILES string of the molecule is NNC(=O)c1nccc(C(F)(F)F)c1C(=O)O. The number of nitrogens with two attached hydrogens (primary N) is 1. The Kier molecular flexibility index (Phi) is 3.32. The first-order valence-corrected chi connectivity index (χ1v) is 4.09. The zero-order valence-corrected chi connectivity index (χ0v) is 8.08. The molecular weight excluding hydrogens is 243 g/mol. The van der Waals surface area contributed by atoms with Crippen molar-refractivity contribution in [2.45, 2.75) is 6.18 Å². The fourth-order valence-electron chi connectivity index (χ4n) is 1.16. The van der Waals surface area contributed by atoms with Crippen LogP contribution in [0.15, 0.2) is 12.3 Å². The van der Waals surface area contributed by atoms with Crippen molar-refractivity contribution in [3.8, 4) is 0 Å². The maximum atomic E-state index is 12.5. The first-order valence-electron chi connectivity index (χ1n) is 4.09. The van der Waals surface area contributed by atoms with Gasteiger partial charge in [0, 0.05) is 6.20 Å². The molecule has 92 valence electrons. The van der Waals surface area contributed by atoms with Gasteiger partial charge in [-0.2, -0.15) is 13.2 Å². The van der Waals surface area contributed by atoms with E-state index >= 15 is 0 Å². The lowest BCUT2D eigenvalue weighted by molar-refractivity contribution is -0.138. The van der Waals surface area contributed by atoms with Crippen molar-refractivity contribution in [2.75, 3.05) is 0 Å². The molecule has 9 heteroatoms. The topological polar surface area (TPSA) is 105 Å². The van der Waals surface area contributed by atoms with E-state index < -0.39 is 34.9 Å². The number of halogens is 3. The minimum absolute atomic E-state index is 0.469. The summed E-state index contributed by atoms with van der Waals surface area (Å²) >= 11 is 0. The van der Waals surface area contributed by atoms with Crippen molar-refractivity contribution in [2.24, 2.45) is 5.84 Å². The molecule has 1 aromatic heterocycles. The highest BCUT2D eigenvalue weighted by molar-refractivity contribution is 6.04. The Labute approximate surface area is 92.2 Å². The minimum Gasteiger partial charge on any atom is -0.478 e. The summed E-state index contributed by atoms with van der Waals surface area (Å²) < 4.78 is 37.5. The summed E-state index contributed by atoms with van der Waals surface area (Å²) in [6, 6.07) is 0.469. The van der Waals surface area contributed by atoms with Crippen molar-refractivity contribution in [3.05, 3.63) is 29.1 Å². The highest BCUT2D eigenvalue weighted by Gasteiger charge is 2.38. The molecule has 6 nitrogen and oxygen atoms in total. The number of carbonyl (C=O) groups is 2. The number of carbonyl (C=O) groups excluding carboxylic acids is 1. The highest BCUT2D eigenvalue weighted by atomic mass is 19.4. The summed E-state index contributed by atoms with van der Waals surface area (Å²) in [6.07, 6.45) is -4.22. The summed E-state index contributed by atoms with van der Waals surface area (Å²) in [4.78, 5) is 25.1. The molecule has 1 amide bonds. The zero-order chi connectivity index (χ0) is 13.2. The number of carboxylic acids is 1. The predicted molar refractivity (Wildman–Crippen MR) is 47.9 cm³/mol. The van der Waals surface area contributed by atoms with Crippen LogP contribution in [0.2, 0.25) is 0 Å². The molecule has 4 N–H and O–H groups in total. The standard InChI is InChI=1S/C8H6F3N3O3/c9-8(10,11)3-1-2-13-5(6(15)14-12)4(3)7(16)17/h1-2H,12H2,(H,14,15)(H,16,17). The molecule has 0 saturated carbocycles. The number of nitrogens with zero attached hydrogens (tertiary/aromatic N) is 1. The molecule has 0 bridgehead atoms. The molecule has 0 spiro atoms. The molecule has 0 unspecified atom stereocenters. The summed E-state index contributed by atoms with van der Waals surface area (Å²) in [6.45, 7) is 0. The van der Waals surface area contributed by atoms with Crippen LogP contribution in [0.3, 0.4) is 0 Å². The number of aromatic carboxylic acids is 1. The molecule has 1 heterocycles. The Hall–Kier alpha value is -2.16. The maximum absolute atomic E-state index is 12.5. The fourth-order valence-corrected chi connectivity index (χ4v) is 1.16. The van der Waals surface area contributed by atoms with E-state index in [-0.39, 0.29) is 0 Å². The molecule has 0 aliphatic heterocycles. The lowest BCUT2D eigenvalue weighted by Crippen LogP contribution is -2.33. The number of alkyl halides is 3. The van der Waals surface area contributed by atoms with Crippen molar-refractivity contribution in [3.63, 3.8) is 0 Å². The van der Waals surface area contributed by atoms with Crippen LogP contribution in [0.1, 0.15) is 26.4 Å². The Morgan fingerprint density at radius 2 is 2.00 bits per heavy atom. The smallest absolute Gasteiger partial charge is 0.417 e. The van der Waals surface area contributed by atoms with Crippen LogP contribution in [0, 0.1) is 0 Å². The van der Waals surface area contributed by atoms with E-state index in [2.05, 4.69) is 4.98 Å². The number of carboxylic acid groups (broad SMARTS) is 1. The van der Waals surface area contributed by atoms with E-state index in [1.165, 1.54) is 5.43 Å². The van der Waals surface area contributed by atoms with Crippen molar-refractivity contribution >= 4 is 11.9 Å². The molecular formula is C8H6F3N3O3. The number of hydrogen-bond acceptors (Lipinski definition) is 4. The van der Waals surface area contributed by atoms with E-state index in [1.807, 2.05) is 0 Å². The summed E-state index contributed by atoms with van der Waals surface area (Å²) in [5.74, 6) is 1.59.